The number of thioether (sulfide) groups is 1. The molecule has 2 aromatic carbocycles. The van der Waals surface area contributed by atoms with Crippen LogP contribution in [0.15, 0.2) is 46.8 Å². The first-order chi connectivity index (χ1) is 11.4. The topological polar surface area (TPSA) is 73.1 Å². The van der Waals surface area contributed by atoms with Crippen molar-refractivity contribution in [1.29, 1.82) is 0 Å². The maximum Gasteiger partial charge on any atom is 0.270 e. The van der Waals surface area contributed by atoms with Crippen molar-refractivity contribution in [1.82, 2.24) is 4.98 Å². The molecule has 0 radical (unpaired) electrons. The molecule has 3 rings (SSSR count). The van der Waals surface area contributed by atoms with E-state index < -0.39 is 4.92 Å². The van der Waals surface area contributed by atoms with Gasteiger partial charge < -0.3 is 0 Å². The van der Waals surface area contributed by atoms with Crippen molar-refractivity contribution in [2.75, 3.05) is 0 Å². The van der Waals surface area contributed by atoms with E-state index in [1.165, 1.54) is 35.2 Å². The number of hydrogen-bond acceptors (Lipinski definition) is 6. The Morgan fingerprint density at radius 1 is 1.29 bits per heavy atom. The minimum absolute atomic E-state index is 0.0121. The molecule has 1 atom stereocenters. The summed E-state index contributed by atoms with van der Waals surface area (Å²) in [5, 5.41) is 11.1. The summed E-state index contributed by atoms with van der Waals surface area (Å²) in [5.41, 5.74) is 1.32. The van der Waals surface area contributed by atoms with Crippen LogP contribution in [0, 0.1) is 10.1 Å². The number of nitrogens with zero attached hydrogens (tertiary/aromatic N) is 2. The summed E-state index contributed by atoms with van der Waals surface area (Å²) in [5.74, 6) is -0.0121. The molecule has 8 heteroatoms. The summed E-state index contributed by atoms with van der Waals surface area (Å²) in [7, 11) is 0. The van der Waals surface area contributed by atoms with E-state index in [0.29, 0.717) is 20.4 Å². The van der Waals surface area contributed by atoms with Gasteiger partial charge in [0.25, 0.3) is 5.69 Å². The first kappa shape index (κ1) is 16.9. The number of benzene rings is 2. The van der Waals surface area contributed by atoms with Gasteiger partial charge in [0.1, 0.15) is 0 Å². The zero-order valence-corrected chi connectivity index (χ0v) is 14.8. The maximum absolute atomic E-state index is 12.4. The molecule has 0 amide bonds. The molecule has 0 saturated carbocycles. The molecule has 0 aliphatic carbocycles. The van der Waals surface area contributed by atoms with Gasteiger partial charge in [-0.1, -0.05) is 23.4 Å². The van der Waals surface area contributed by atoms with Crippen molar-refractivity contribution >= 4 is 56.4 Å². The summed E-state index contributed by atoms with van der Waals surface area (Å²) in [6, 6.07) is 11.3. The number of aromatic nitrogens is 1. The van der Waals surface area contributed by atoms with Crippen molar-refractivity contribution < 1.29 is 9.72 Å². The lowest BCUT2D eigenvalue weighted by Gasteiger charge is -2.08. The number of non-ortho nitro benzene ring substituents is 1. The van der Waals surface area contributed by atoms with Gasteiger partial charge >= 0.3 is 0 Å². The molecular formula is C16H11ClN2O3S2. The van der Waals surface area contributed by atoms with Gasteiger partial charge in [-0.15, -0.1) is 11.3 Å². The van der Waals surface area contributed by atoms with E-state index in [4.69, 9.17) is 11.6 Å². The van der Waals surface area contributed by atoms with E-state index in [9.17, 15) is 14.9 Å². The molecule has 0 saturated heterocycles. The zero-order chi connectivity index (χ0) is 17.3. The highest BCUT2D eigenvalue weighted by molar-refractivity contribution is 8.02. The number of carbonyl (C=O) groups excluding carboxylic acids is 1. The number of rotatable bonds is 5. The zero-order valence-electron chi connectivity index (χ0n) is 12.4. The van der Waals surface area contributed by atoms with E-state index in [1.54, 1.807) is 30.3 Å². The number of halogens is 1. The summed E-state index contributed by atoms with van der Waals surface area (Å²) in [4.78, 5) is 27.3. The van der Waals surface area contributed by atoms with Crippen molar-refractivity contribution in [2.45, 2.75) is 16.5 Å². The van der Waals surface area contributed by atoms with Crippen LogP contribution in [0.3, 0.4) is 0 Å². The fourth-order valence-corrected chi connectivity index (χ4v) is 4.56. The van der Waals surface area contributed by atoms with Crippen LogP contribution in [0.1, 0.15) is 17.3 Å². The van der Waals surface area contributed by atoms with Crippen molar-refractivity contribution in [2.24, 2.45) is 0 Å². The molecule has 5 nitrogen and oxygen atoms in total. The summed E-state index contributed by atoms with van der Waals surface area (Å²) in [6.45, 7) is 1.82. The third-order valence-corrected chi connectivity index (χ3v) is 5.80. The van der Waals surface area contributed by atoms with E-state index in [-0.39, 0.29) is 16.7 Å². The molecule has 0 aliphatic rings. The van der Waals surface area contributed by atoms with Gasteiger partial charge in [0.2, 0.25) is 0 Å². The monoisotopic (exact) mass is 378 g/mol. The van der Waals surface area contributed by atoms with Gasteiger partial charge in [-0.05, 0) is 37.3 Å². The summed E-state index contributed by atoms with van der Waals surface area (Å²) < 4.78 is 1.44. The minimum atomic E-state index is -0.432. The standard InChI is InChI=1S/C16H11ClN2O3S2/c1-9(15(20)10-2-4-11(17)5-3-10)23-16-18-13-7-6-12(19(21)22)8-14(13)24-16/h2-9H,1H3/t9-/m1/s1. The lowest BCUT2D eigenvalue weighted by atomic mass is 10.1. The molecule has 0 unspecified atom stereocenters. The Kier molecular flexibility index (Phi) is 4.84. The molecule has 122 valence electrons. The number of thiazole rings is 1. The number of fused-ring (bicyclic) bond motifs is 1. The molecule has 0 N–H and O–H groups in total. The first-order valence-corrected chi connectivity index (χ1v) is 9.03. The van der Waals surface area contributed by atoms with Crippen LogP contribution in [0.2, 0.25) is 5.02 Å². The first-order valence-electron chi connectivity index (χ1n) is 6.95. The van der Waals surface area contributed by atoms with Crippen molar-refractivity contribution in [3.8, 4) is 0 Å². The van der Waals surface area contributed by atoms with E-state index >= 15 is 0 Å². The molecule has 0 fully saturated rings. The molecule has 1 aromatic heterocycles. The third kappa shape index (κ3) is 3.58. The Hall–Kier alpha value is -1.96. The fourth-order valence-electron chi connectivity index (χ4n) is 2.11. The number of nitro groups is 1. The van der Waals surface area contributed by atoms with Crippen LogP contribution < -0.4 is 0 Å². The second-order valence-electron chi connectivity index (χ2n) is 5.02. The van der Waals surface area contributed by atoms with Crippen LogP contribution >= 0.6 is 34.7 Å². The number of ketones is 1. The lowest BCUT2D eigenvalue weighted by molar-refractivity contribution is -0.384. The molecule has 24 heavy (non-hydrogen) atoms. The van der Waals surface area contributed by atoms with Crippen LogP contribution in [0.4, 0.5) is 5.69 Å². The van der Waals surface area contributed by atoms with Crippen LogP contribution in [-0.2, 0) is 0 Å². The predicted molar refractivity (Wildman–Crippen MR) is 97.4 cm³/mol. The van der Waals surface area contributed by atoms with Gasteiger partial charge in [-0.25, -0.2) is 4.98 Å². The molecule has 0 spiro atoms. The van der Waals surface area contributed by atoms with Crippen LogP contribution in [-0.4, -0.2) is 20.9 Å². The number of hydrogen-bond donors (Lipinski definition) is 0. The summed E-state index contributed by atoms with van der Waals surface area (Å²) >= 11 is 8.53. The van der Waals surface area contributed by atoms with Crippen LogP contribution in [0.5, 0.6) is 0 Å². The predicted octanol–water partition coefficient (Wildman–Crippen LogP) is 5.22. The van der Waals surface area contributed by atoms with E-state index in [0.717, 1.165) is 4.70 Å². The van der Waals surface area contributed by atoms with Gasteiger partial charge in [0.05, 0.1) is 20.4 Å². The Balaban J connectivity index is 1.79. The Labute approximate surface area is 150 Å². The van der Waals surface area contributed by atoms with Gasteiger partial charge in [-0.3, -0.25) is 14.9 Å². The molecule has 1 heterocycles. The van der Waals surface area contributed by atoms with E-state index in [2.05, 4.69) is 4.98 Å². The largest absolute Gasteiger partial charge is 0.293 e. The number of nitro benzene ring substituents is 1. The molecule has 0 aliphatic heterocycles. The lowest BCUT2D eigenvalue weighted by Crippen LogP contribution is -2.13. The minimum Gasteiger partial charge on any atom is -0.293 e. The van der Waals surface area contributed by atoms with Crippen molar-refractivity contribution in [3.63, 3.8) is 0 Å². The van der Waals surface area contributed by atoms with Crippen LogP contribution in [0.25, 0.3) is 10.2 Å². The normalized spacial score (nSPS) is 12.2. The average Bonchev–Trinajstić information content (AvgIpc) is 2.96. The Morgan fingerprint density at radius 2 is 2.00 bits per heavy atom. The molecule has 3 aromatic rings. The average molecular weight is 379 g/mol. The van der Waals surface area contributed by atoms with Gasteiger partial charge in [-0.2, -0.15) is 0 Å². The molecule has 0 bridgehead atoms. The SMILES string of the molecule is C[C@@H](Sc1nc2ccc([N+](=O)[O-])cc2s1)C(=O)c1ccc(Cl)cc1. The summed E-state index contributed by atoms with van der Waals surface area (Å²) in [6.07, 6.45) is 0. The van der Waals surface area contributed by atoms with Gasteiger partial charge in [0.15, 0.2) is 10.1 Å². The van der Waals surface area contributed by atoms with E-state index in [1.807, 2.05) is 6.92 Å². The number of carbonyl (C=O) groups is 1. The van der Waals surface area contributed by atoms with Gasteiger partial charge in [0, 0.05) is 22.7 Å². The fraction of sp³-hybridized carbons (Fsp3) is 0.125. The highest BCUT2D eigenvalue weighted by atomic mass is 35.5. The second-order valence-corrected chi connectivity index (χ2v) is 8.08. The Bertz CT molecular complexity index is 925. The maximum atomic E-state index is 12.4. The third-order valence-electron chi connectivity index (χ3n) is 3.34. The highest BCUT2D eigenvalue weighted by Gasteiger charge is 2.19. The Morgan fingerprint density at radius 3 is 2.67 bits per heavy atom. The number of Topliss-reactive ketones (excluding diaryl/α,β-unsaturated/α-hetero) is 1. The second kappa shape index (κ2) is 6.88. The smallest absolute Gasteiger partial charge is 0.270 e. The highest BCUT2D eigenvalue weighted by Crippen LogP contribution is 2.34. The van der Waals surface area contributed by atoms with Crippen molar-refractivity contribution in [3.05, 3.63) is 63.2 Å². The molecular weight excluding hydrogens is 368 g/mol. The quantitative estimate of drug-likeness (QED) is 0.263.